The van der Waals surface area contributed by atoms with Gasteiger partial charge in [0.25, 0.3) is 0 Å². The molecular formula is C14H20N2O3. The van der Waals surface area contributed by atoms with Crippen molar-refractivity contribution in [1.82, 2.24) is 4.90 Å². The topological polar surface area (TPSA) is 58.6 Å². The van der Waals surface area contributed by atoms with E-state index in [1.165, 1.54) is 12.0 Å². The van der Waals surface area contributed by atoms with E-state index in [0.29, 0.717) is 5.56 Å². The smallest absolute Gasteiger partial charge is 0.337 e. The van der Waals surface area contributed by atoms with Crippen molar-refractivity contribution in [2.24, 2.45) is 0 Å². The standard InChI is InChI=1S/C14H20N2O3/c1-9-6-7-11(14(18)19-5)8-12(9)15-10(2)13(17)16(3)4/h6-8,10,15H,1-5H3/t10-/m1/s1. The molecule has 1 aromatic carbocycles. The van der Waals surface area contributed by atoms with Crippen LogP contribution in [0.2, 0.25) is 0 Å². The van der Waals surface area contributed by atoms with Crippen LogP contribution >= 0.6 is 0 Å². The van der Waals surface area contributed by atoms with Gasteiger partial charge in [0.1, 0.15) is 6.04 Å². The molecule has 104 valence electrons. The van der Waals surface area contributed by atoms with Gasteiger partial charge in [-0.05, 0) is 31.5 Å². The lowest BCUT2D eigenvalue weighted by Gasteiger charge is -2.20. The largest absolute Gasteiger partial charge is 0.465 e. The number of nitrogens with zero attached hydrogens (tertiary/aromatic N) is 1. The van der Waals surface area contributed by atoms with E-state index in [0.717, 1.165) is 11.3 Å². The molecule has 0 unspecified atom stereocenters. The molecule has 1 N–H and O–H groups in total. The molecule has 19 heavy (non-hydrogen) atoms. The van der Waals surface area contributed by atoms with Crippen LogP contribution < -0.4 is 5.32 Å². The third-order valence-electron chi connectivity index (χ3n) is 2.84. The molecule has 5 heteroatoms. The van der Waals surface area contributed by atoms with Crippen LogP contribution in [0.15, 0.2) is 18.2 Å². The summed E-state index contributed by atoms with van der Waals surface area (Å²) in [5, 5.41) is 3.11. The van der Waals surface area contributed by atoms with E-state index in [-0.39, 0.29) is 11.9 Å². The van der Waals surface area contributed by atoms with Crippen LogP contribution in [0, 0.1) is 6.92 Å². The fraction of sp³-hybridized carbons (Fsp3) is 0.429. The molecular weight excluding hydrogens is 244 g/mol. The average molecular weight is 264 g/mol. The predicted molar refractivity (Wildman–Crippen MR) is 74.3 cm³/mol. The summed E-state index contributed by atoms with van der Waals surface area (Å²) in [4.78, 5) is 24.8. The number of likely N-dealkylation sites (N-methyl/N-ethyl adjacent to an activating group) is 1. The lowest BCUT2D eigenvalue weighted by atomic mass is 10.1. The van der Waals surface area contributed by atoms with Crippen LogP contribution in [0.25, 0.3) is 0 Å². The van der Waals surface area contributed by atoms with Crippen molar-refractivity contribution >= 4 is 17.6 Å². The maximum absolute atomic E-state index is 11.8. The number of benzene rings is 1. The number of nitrogens with one attached hydrogen (secondary N) is 1. The highest BCUT2D eigenvalue weighted by atomic mass is 16.5. The Hall–Kier alpha value is -2.04. The zero-order chi connectivity index (χ0) is 14.6. The van der Waals surface area contributed by atoms with Gasteiger partial charge in [-0.15, -0.1) is 0 Å². The number of carbonyl (C=O) groups is 2. The van der Waals surface area contributed by atoms with Gasteiger partial charge < -0.3 is 15.0 Å². The van der Waals surface area contributed by atoms with Gasteiger partial charge in [0.15, 0.2) is 0 Å². The molecule has 1 amide bonds. The second-order valence-electron chi connectivity index (χ2n) is 4.62. The average Bonchev–Trinajstić information content (AvgIpc) is 2.39. The summed E-state index contributed by atoms with van der Waals surface area (Å²) in [6.45, 7) is 3.70. The molecule has 0 aliphatic heterocycles. The molecule has 1 aromatic rings. The summed E-state index contributed by atoms with van der Waals surface area (Å²) >= 11 is 0. The number of carbonyl (C=O) groups excluding carboxylic acids is 2. The Morgan fingerprint density at radius 1 is 1.32 bits per heavy atom. The van der Waals surface area contributed by atoms with E-state index >= 15 is 0 Å². The molecule has 0 aliphatic carbocycles. The van der Waals surface area contributed by atoms with Gasteiger partial charge >= 0.3 is 5.97 Å². The summed E-state index contributed by atoms with van der Waals surface area (Å²) in [6.07, 6.45) is 0. The SMILES string of the molecule is COC(=O)c1ccc(C)c(N[C@H](C)C(=O)N(C)C)c1. The number of ether oxygens (including phenoxy) is 1. The van der Waals surface area contributed by atoms with E-state index in [2.05, 4.69) is 10.1 Å². The van der Waals surface area contributed by atoms with Gasteiger partial charge in [-0.3, -0.25) is 4.79 Å². The first-order chi connectivity index (χ1) is 8.86. The van der Waals surface area contributed by atoms with Crippen LogP contribution in [-0.4, -0.2) is 44.0 Å². The molecule has 0 saturated heterocycles. The van der Waals surface area contributed by atoms with Crippen LogP contribution in [0.5, 0.6) is 0 Å². The number of rotatable bonds is 4. The van der Waals surface area contributed by atoms with Crippen LogP contribution in [0.3, 0.4) is 0 Å². The molecule has 0 heterocycles. The fourth-order valence-electron chi connectivity index (χ4n) is 1.70. The summed E-state index contributed by atoms with van der Waals surface area (Å²) in [5.41, 5.74) is 2.18. The van der Waals surface area contributed by atoms with Gasteiger partial charge in [-0.2, -0.15) is 0 Å². The Balaban J connectivity index is 2.94. The Bertz CT molecular complexity index is 484. The number of esters is 1. The molecule has 0 spiro atoms. The molecule has 1 atom stereocenters. The number of anilines is 1. The fourth-order valence-corrected chi connectivity index (χ4v) is 1.70. The lowest BCUT2D eigenvalue weighted by Crippen LogP contribution is -2.36. The second kappa shape index (κ2) is 6.22. The van der Waals surface area contributed by atoms with Gasteiger partial charge in [-0.25, -0.2) is 4.79 Å². The highest BCUT2D eigenvalue weighted by Crippen LogP contribution is 2.18. The summed E-state index contributed by atoms with van der Waals surface area (Å²) < 4.78 is 4.68. The second-order valence-corrected chi connectivity index (χ2v) is 4.62. The van der Waals surface area contributed by atoms with Crippen molar-refractivity contribution < 1.29 is 14.3 Å². The highest BCUT2D eigenvalue weighted by molar-refractivity contribution is 5.91. The molecule has 0 bridgehead atoms. The maximum atomic E-state index is 11.8. The normalized spacial score (nSPS) is 11.6. The third kappa shape index (κ3) is 3.71. The van der Waals surface area contributed by atoms with E-state index in [1.54, 1.807) is 33.2 Å². The molecule has 0 radical (unpaired) electrons. The summed E-state index contributed by atoms with van der Waals surface area (Å²) in [5.74, 6) is -0.419. The molecule has 1 rings (SSSR count). The third-order valence-corrected chi connectivity index (χ3v) is 2.84. The lowest BCUT2D eigenvalue weighted by molar-refractivity contribution is -0.129. The maximum Gasteiger partial charge on any atom is 0.337 e. The number of hydrogen-bond acceptors (Lipinski definition) is 4. The zero-order valence-corrected chi connectivity index (χ0v) is 12.0. The van der Waals surface area contributed by atoms with Crippen LogP contribution in [0.1, 0.15) is 22.8 Å². The Morgan fingerprint density at radius 2 is 1.95 bits per heavy atom. The first-order valence-corrected chi connectivity index (χ1v) is 6.03. The highest BCUT2D eigenvalue weighted by Gasteiger charge is 2.16. The molecule has 0 fully saturated rings. The number of hydrogen-bond donors (Lipinski definition) is 1. The monoisotopic (exact) mass is 264 g/mol. The van der Waals surface area contributed by atoms with E-state index < -0.39 is 5.97 Å². The first-order valence-electron chi connectivity index (χ1n) is 6.03. The molecule has 5 nitrogen and oxygen atoms in total. The number of amides is 1. The zero-order valence-electron chi connectivity index (χ0n) is 12.0. The van der Waals surface area contributed by atoms with Crippen molar-refractivity contribution in [3.8, 4) is 0 Å². The molecule has 0 saturated carbocycles. The Morgan fingerprint density at radius 3 is 2.47 bits per heavy atom. The van der Waals surface area contributed by atoms with Crippen LogP contribution in [0.4, 0.5) is 5.69 Å². The minimum absolute atomic E-state index is 0.0251. The first kappa shape index (κ1) is 15.0. The number of methoxy groups -OCH3 is 1. The summed E-state index contributed by atoms with van der Waals surface area (Å²) in [7, 11) is 4.75. The van der Waals surface area contributed by atoms with E-state index in [9.17, 15) is 9.59 Å². The van der Waals surface area contributed by atoms with Crippen molar-refractivity contribution in [2.75, 3.05) is 26.5 Å². The van der Waals surface area contributed by atoms with Gasteiger partial charge in [0.05, 0.1) is 12.7 Å². The van der Waals surface area contributed by atoms with Crippen molar-refractivity contribution in [2.45, 2.75) is 19.9 Å². The quantitative estimate of drug-likeness (QED) is 0.840. The minimum atomic E-state index is -0.394. The Labute approximate surface area is 113 Å². The van der Waals surface area contributed by atoms with Gasteiger partial charge in [0.2, 0.25) is 5.91 Å². The van der Waals surface area contributed by atoms with Crippen molar-refractivity contribution in [3.05, 3.63) is 29.3 Å². The summed E-state index contributed by atoms with van der Waals surface area (Å²) in [6, 6.07) is 4.86. The molecule has 0 aromatic heterocycles. The van der Waals surface area contributed by atoms with Gasteiger partial charge in [-0.1, -0.05) is 6.07 Å². The molecule has 0 aliphatic rings. The minimum Gasteiger partial charge on any atom is -0.465 e. The Kier molecular flexibility index (Phi) is 4.92. The van der Waals surface area contributed by atoms with Gasteiger partial charge in [0, 0.05) is 19.8 Å². The predicted octanol–water partition coefficient (Wildman–Crippen LogP) is 1.67. The van der Waals surface area contributed by atoms with Crippen molar-refractivity contribution in [3.63, 3.8) is 0 Å². The number of aryl methyl sites for hydroxylation is 1. The van der Waals surface area contributed by atoms with Crippen LogP contribution in [-0.2, 0) is 9.53 Å². The van der Waals surface area contributed by atoms with Crippen molar-refractivity contribution in [1.29, 1.82) is 0 Å². The van der Waals surface area contributed by atoms with E-state index in [4.69, 9.17) is 0 Å². The van der Waals surface area contributed by atoms with E-state index in [1.807, 2.05) is 13.0 Å².